The molecule has 0 atom stereocenters. The van der Waals surface area contributed by atoms with E-state index in [9.17, 15) is 12.8 Å². The van der Waals surface area contributed by atoms with Crippen LogP contribution in [0.3, 0.4) is 0 Å². The van der Waals surface area contributed by atoms with Crippen molar-refractivity contribution in [1.29, 1.82) is 0 Å². The number of halogens is 1. The minimum Gasteiger partial charge on any atom is -0.396 e. The molecule has 0 amide bonds. The van der Waals surface area contributed by atoms with Crippen LogP contribution in [0.25, 0.3) is 0 Å². The molecule has 2 aromatic rings. The third-order valence-electron chi connectivity index (χ3n) is 2.23. The van der Waals surface area contributed by atoms with Gasteiger partial charge in [0.2, 0.25) is 0 Å². The number of thiophene rings is 1. The molecule has 1 aromatic carbocycles. The average Bonchev–Trinajstić information content (AvgIpc) is 2.71. The van der Waals surface area contributed by atoms with Gasteiger partial charge in [0, 0.05) is 4.88 Å². The van der Waals surface area contributed by atoms with E-state index in [1.807, 2.05) is 6.92 Å². The van der Waals surface area contributed by atoms with Crippen molar-refractivity contribution in [2.75, 3.05) is 10.5 Å². The molecular formula is C11H11FN2O2S2. The summed E-state index contributed by atoms with van der Waals surface area (Å²) in [4.78, 5) is 0.897. The maximum Gasteiger partial charge on any atom is 0.271 e. The normalized spacial score (nSPS) is 11.4. The van der Waals surface area contributed by atoms with Gasteiger partial charge in [-0.05, 0) is 37.3 Å². The van der Waals surface area contributed by atoms with Gasteiger partial charge in [-0.2, -0.15) is 0 Å². The van der Waals surface area contributed by atoms with Crippen LogP contribution in [0.2, 0.25) is 0 Å². The molecule has 0 aliphatic rings. The SMILES string of the molecule is Cc1ccc(S(=O)(=O)Nc2ccc(F)c(N)c2)s1. The van der Waals surface area contributed by atoms with Crippen molar-refractivity contribution in [3.05, 3.63) is 41.0 Å². The second kappa shape index (κ2) is 4.58. The van der Waals surface area contributed by atoms with Crippen LogP contribution in [0.4, 0.5) is 15.8 Å². The largest absolute Gasteiger partial charge is 0.396 e. The summed E-state index contributed by atoms with van der Waals surface area (Å²) >= 11 is 1.17. The Morgan fingerprint density at radius 1 is 1.28 bits per heavy atom. The molecule has 0 aliphatic heterocycles. The zero-order valence-electron chi connectivity index (χ0n) is 9.48. The molecule has 0 aliphatic carbocycles. The highest BCUT2D eigenvalue weighted by molar-refractivity contribution is 7.94. The highest BCUT2D eigenvalue weighted by Crippen LogP contribution is 2.24. The van der Waals surface area contributed by atoms with Crippen molar-refractivity contribution in [2.45, 2.75) is 11.1 Å². The molecule has 7 heteroatoms. The summed E-state index contributed by atoms with van der Waals surface area (Å²) in [5.74, 6) is -0.579. The highest BCUT2D eigenvalue weighted by Gasteiger charge is 2.16. The molecule has 3 N–H and O–H groups in total. The number of hydrogen-bond acceptors (Lipinski definition) is 4. The summed E-state index contributed by atoms with van der Waals surface area (Å²) in [6, 6.07) is 6.93. The number of nitrogens with two attached hydrogens (primary N) is 1. The maximum atomic E-state index is 13.0. The fraction of sp³-hybridized carbons (Fsp3) is 0.0909. The zero-order chi connectivity index (χ0) is 13.3. The summed E-state index contributed by atoms with van der Waals surface area (Å²) in [6.45, 7) is 1.82. The van der Waals surface area contributed by atoms with Crippen LogP contribution in [0.15, 0.2) is 34.5 Å². The highest BCUT2D eigenvalue weighted by atomic mass is 32.2. The predicted octanol–water partition coefficient (Wildman–Crippen LogP) is 2.58. The summed E-state index contributed by atoms with van der Waals surface area (Å²) in [6.07, 6.45) is 0. The minimum absolute atomic E-state index is 0.0995. The lowest BCUT2D eigenvalue weighted by molar-refractivity contribution is 0.603. The van der Waals surface area contributed by atoms with Gasteiger partial charge in [-0.3, -0.25) is 4.72 Å². The Balaban J connectivity index is 2.30. The lowest BCUT2D eigenvalue weighted by Crippen LogP contribution is -2.11. The summed E-state index contributed by atoms with van der Waals surface area (Å²) in [5, 5.41) is 0. The zero-order valence-corrected chi connectivity index (χ0v) is 11.1. The van der Waals surface area contributed by atoms with E-state index in [0.29, 0.717) is 0 Å². The van der Waals surface area contributed by atoms with Crippen LogP contribution >= 0.6 is 11.3 Å². The van der Waals surface area contributed by atoms with Crippen molar-refractivity contribution in [2.24, 2.45) is 0 Å². The van der Waals surface area contributed by atoms with Gasteiger partial charge in [-0.1, -0.05) is 0 Å². The number of aryl methyl sites for hydroxylation is 1. The van der Waals surface area contributed by atoms with Gasteiger partial charge >= 0.3 is 0 Å². The second-order valence-electron chi connectivity index (χ2n) is 3.71. The van der Waals surface area contributed by atoms with Gasteiger partial charge in [-0.15, -0.1) is 11.3 Å². The molecule has 1 aromatic heterocycles. The minimum atomic E-state index is -3.63. The fourth-order valence-electron chi connectivity index (χ4n) is 1.37. The van der Waals surface area contributed by atoms with Crippen LogP contribution in [0.1, 0.15) is 4.88 Å². The van der Waals surface area contributed by atoms with Crippen LogP contribution in [0, 0.1) is 12.7 Å². The molecular weight excluding hydrogens is 275 g/mol. The Bertz CT molecular complexity index is 680. The Kier molecular flexibility index (Phi) is 3.27. The lowest BCUT2D eigenvalue weighted by atomic mass is 10.3. The van der Waals surface area contributed by atoms with E-state index in [1.54, 1.807) is 6.07 Å². The molecule has 0 spiro atoms. The first-order chi connectivity index (χ1) is 8.38. The summed E-state index contributed by atoms with van der Waals surface area (Å²) < 4.78 is 39.5. The monoisotopic (exact) mass is 286 g/mol. The van der Waals surface area contributed by atoms with E-state index in [2.05, 4.69) is 4.72 Å². The molecule has 18 heavy (non-hydrogen) atoms. The Labute approximate surface area is 108 Å². The molecule has 0 bridgehead atoms. The molecule has 0 saturated carbocycles. The van der Waals surface area contributed by atoms with E-state index >= 15 is 0 Å². The molecule has 4 nitrogen and oxygen atoms in total. The topological polar surface area (TPSA) is 72.2 Å². The molecule has 0 radical (unpaired) electrons. The number of nitrogens with one attached hydrogen (secondary N) is 1. The van der Waals surface area contributed by atoms with Crippen molar-refractivity contribution in [3.8, 4) is 0 Å². The molecule has 1 heterocycles. The van der Waals surface area contributed by atoms with E-state index in [1.165, 1.54) is 29.5 Å². The van der Waals surface area contributed by atoms with E-state index in [0.717, 1.165) is 10.9 Å². The second-order valence-corrected chi connectivity index (χ2v) is 6.90. The Morgan fingerprint density at radius 2 is 2.00 bits per heavy atom. The molecule has 0 saturated heterocycles. The van der Waals surface area contributed by atoms with Crippen molar-refractivity contribution in [1.82, 2.24) is 0 Å². The fourth-order valence-corrected chi connectivity index (χ4v) is 3.70. The van der Waals surface area contributed by atoms with E-state index in [-0.39, 0.29) is 15.6 Å². The summed E-state index contributed by atoms with van der Waals surface area (Å²) in [7, 11) is -3.63. The van der Waals surface area contributed by atoms with Gasteiger partial charge in [0.15, 0.2) is 0 Å². The van der Waals surface area contributed by atoms with Gasteiger partial charge in [0.25, 0.3) is 10.0 Å². The van der Waals surface area contributed by atoms with Gasteiger partial charge < -0.3 is 5.73 Å². The number of rotatable bonds is 3. The quantitative estimate of drug-likeness (QED) is 0.852. The number of hydrogen-bond donors (Lipinski definition) is 2. The van der Waals surface area contributed by atoms with E-state index < -0.39 is 15.8 Å². The average molecular weight is 286 g/mol. The van der Waals surface area contributed by atoms with Crippen LogP contribution in [0.5, 0.6) is 0 Å². The molecule has 96 valence electrons. The van der Waals surface area contributed by atoms with Crippen molar-refractivity contribution < 1.29 is 12.8 Å². The maximum absolute atomic E-state index is 13.0. The Hall–Kier alpha value is -1.60. The number of nitrogen functional groups attached to an aromatic ring is 1. The number of sulfonamides is 1. The lowest BCUT2D eigenvalue weighted by Gasteiger charge is -2.07. The molecule has 0 fully saturated rings. The van der Waals surface area contributed by atoms with Crippen LogP contribution in [-0.2, 0) is 10.0 Å². The number of benzene rings is 1. The first kappa shape index (κ1) is 12.8. The summed E-state index contributed by atoms with van der Waals surface area (Å²) in [5.41, 5.74) is 5.51. The predicted molar refractivity (Wildman–Crippen MR) is 70.7 cm³/mol. The third-order valence-corrected chi connectivity index (χ3v) is 5.10. The van der Waals surface area contributed by atoms with E-state index in [4.69, 9.17) is 5.73 Å². The van der Waals surface area contributed by atoms with Gasteiger partial charge in [-0.25, -0.2) is 12.8 Å². The Morgan fingerprint density at radius 3 is 2.56 bits per heavy atom. The first-order valence-corrected chi connectivity index (χ1v) is 7.33. The molecule has 0 unspecified atom stereocenters. The van der Waals surface area contributed by atoms with Crippen molar-refractivity contribution in [3.63, 3.8) is 0 Å². The van der Waals surface area contributed by atoms with Crippen LogP contribution in [-0.4, -0.2) is 8.42 Å². The first-order valence-electron chi connectivity index (χ1n) is 5.03. The van der Waals surface area contributed by atoms with Crippen molar-refractivity contribution >= 4 is 32.7 Å². The third kappa shape index (κ3) is 2.62. The molecule has 2 rings (SSSR count). The van der Waals surface area contributed by atoms with Gasteiger partial charge in [0.05, 0.1) is 11.4 Å². The smallest absolute Gasteiger partial charge is 0.271 e. The number of anilines is 2. The van der Waals surface area contributed by atoms with Gasteiger partial charge in [0.1, 0.15) is 10.0 Å². The standard InChI is InChI=1S/C11H11FN2O2S2/c1-7-2-5-11(17-7)18(15,16)14-8-3-4-9(12)10(13)6-8/h2-6,14H,13H2,1H3. The van der Waals surface area contributed by atoms with Crippen LogP contribution < -0.4 is 10.5 Å².